The number of carbonyl (C=O) groups excluding carboxylic acids is 1. The van der Waals surface area contributed by atoms with Crippen molar-refractivity contribution in [3.05, 3.63) is 100 Å². The lowest BCUT2D eigenvalue weighted by molar-refractivity contribution is -0.167. The first-order chi connectivity index (χ1) is 15.0. The molecule has 0 fully saturated rings. The lowest BCUT2D eigenvalue weighted by Gasteiger charge is -2.45. The summed E-state index contributed by atoms with van der Waals surface area (Å²) in [6.45, 7) is 2.03. The highest BCUT2D eigenvalue weighted by atomic mass is 35.5. The first kappa shape index (κ1) is 18.5. The largest absolute Gasteiger partial charge is 0.457 e. The average molecular weight is 430 g/mol. The first-order valence-electron chi connectivity index (χ1n) is 10.2. The molecule has 3 aliphatic rings. The van der Waals surface area contributed by atoms with E-state index in [2.05, 4.69) is 11.5 Å². The molecule has 6 heteroatoms. The van der Waals surface area contributed by atoms with Crippen LogP contribution < -0.4 is 15.1 Å². The van der Waals surface area contributed by atoms with Gasteiger partial charge in [0.15, 0.2) is 0 Å². The van der Waals surface area contributed by atoms with E-state index in [1.807, 2.05) is 78.7 Å². The van der Waals surface area contributed by atoms with Crippen LogP contribution in [0.2, 0.25) is 5.02 Å². The molecule has 5 nitrogen and oxygen atoms in total. The van der Waals surface area contributed by atoms with Crippen LogP contribution in [-0.2, 0) is 10.5 Å². The van der Waals surface area contributed by atoms with E-state index in [4.69, 9.17) is 16.3 Å². The quantitative estimate of drug-likeness (QED) is 0.605. The standard InChI is InChI=1S/C25H20ClN3O2/c1-15-7-12-21-19(13-15)25(24(30)28(21)2)29-22(18-5-3-4-6-23(18)31-25)14-20(27-29)16-8-10-17(26)11-9-16/h3-14,22,27H,1-2H3/t22-,25-/m0/s1. The lowest BCUT2D eigenvalue weighted by Crippen LogP contribution is -2.61. The Hall–Kier alpha value is -3.28. The number of carbonyl (C=O) groups is 1. The van der Waals surface area contributed by atoms with Crippen molar-refractivity contribution in [1.29, 1.82) is 0 Å². The third-order valence-corrected chi connectivity index (χ3v) is 6.56. The number of likely N-dealkylation sites (N-methyl/N-ethyl adjacent to an activating group) is 1. The number of benzene rings is 3. The van der Waals surface area contributed by atoms with Crippen LogP contribution in [0.4, 0.5) is 5.69 Å². The number of nitrogens with one attached hydrogen (secondary N) is 1. The van der Waals surface area contributed by atoms with E-state index in [0.29, 0.717) is 5.02 Å². The summed E-state index contributed by atoms with van der Waals surface area (Å²) in [4.78, 5) is 15.5. The number of hydrazine groups is 1. The van der Waals surface area contributed by atoms with Crippen molar-refractivity contribution in [3.63, 3.8) is 0 Å². The number of hydrogen-bond donors (Lipinski definition) is 1. The van der Waals surface area contributed by atoms with Gasteiger partial charge in [-0.2, -0.15) is 5.01 Å². The molecule has 1 amide bonds. The van der Waals surface area contributed by atoms with E-state index in [-0.39, 0.29) is 11.9 Å². The summed E-state index contributed by atoms with van der Waals surface area (Å²) in [5.41, 5.74) is 7.90. The van der Waals surface area contributed by atoms with Gasteiger partial charge in [0, 0.05) is 23.2 Å². The van der Waals surface area contributed by atoms with Crippen molar-refractivity contribution in [2.75, 3.05) is 11.9 Å². The molecular weight excluding hydrogens is 410 g/mol. The summed E-state index contributed by atoms with van der Waals surface area (Å²) in [6.07, 6.45) is 2.15. The van der Waals surface area contributed by atoms with Crippen LogP contribution in [0.3, 0.4) is 0 Å². The molecule has 0 aromatic heterocycles. The summed E-state index contributed by atoms with van der Waals surface area (Å²) in [5, 5.41) is 2.63. The number of amides is 1. The number of aryl methyl sites for hydroxylation is 1. The predicted molar refractivity (Wildman–Crippen MR) is 120 cm³/mol. The molecule has 2 atom stereocenters. The second-order valence-corrected chi connectivity index (χ2v) is 8.62. The number of anilines is 1. The van der Waals surface area contributed by atoms with Crippen molar-refractivity contribution in [2.24, 2.45) is 0 Å². The number of para-hydroxylation sites is 1. The molecule has 3 heterocycles. The van der Waals surface area contributed by atoms with Gasteiger partial charge in [-0.1, -0.05) is 53.6 Å². The zero-order chi connectivity index (χ0) is 21.3. The van der Waals surface area contributed by atoms with Crippen LogP contribution in [-0.4, -0.2) is 18.0 Å². The van der Waals surface area contributed by atoms with Crippen LogP contribution in [0.15, 0.2) is 72.8 Å². The van der Waals surface area contributed by atoms with Gasteiger partial charge in [0.1, 0.15) is 5.75 Å². The van der Waals surface area contributed by atoms with E-state index in [1.165, 1.54) is 0 Å². The van der Waals surface area contributed by atoms with E-state index < -0.39 is 5.72 Å². The highest BCUT2D eigenvalue weighted by molar-refractivity contribution is 6.30. The van der Waals surface area contributed by atoms with Crippen LogP contribution in [0, 0.1) is 6.92 Å². The molecule has 6 rings (SSSR count). The molecule has 3 aromatic carbocycles. The van der Waals surface area contributed by atoms with Crippen molar-refractivity contribution in [3.8, 4) is 5.75 Å². The molecule has 1 spiro atoms. The van der Waals surface area contributed by atoms with Crippen molar-refractivity contribution in [1.82, 2.24) is 10.4 Å². The lowest BCUT2D eigenvalue weighted by atomic mass is 9.94. The smallest absolute Gasteiger partial charge is 0.293 e. The van der Waals surface area contributed by atoms with Crippen LogP contribution >= 0.6 is 11.6 Å². The maximum Gasteiger partial charge on any atom is 0.293 e. The Labute approximate surface area is 185 Å². The van der Waals surface area contributed by atoms with E-state index in [0.717, 1.165) is 39.4 Å². The molecule has 0 radical (unpaired) electrons. The summed E-state index contributed by atoms with van der Waals surface area (Å²) in [5.74, 6) is 0.598. The number of hydrogen-bond acceptors (Lipinski definition) is 4. The summed E-state index contributed by atoms with van der Waals surface area (Å²) in [7, 11) is 1.80. The molecular formula is C25H20ClN3O2. The number of rotatable bonds is 1. The van der Waals surface area contributed by atoms with E-state index in [9.17, 15) is 4.79 Å². The fourth-order valence-corrected chi connectivity index (χ4v) is 4.91. The van der Waals surface area contributed by atoms with Crippen LogP contribution in [0.25, 0.3) is 5.70 Å². The van der Waals surface area contributed by atoms with E-state index in [1.54, 1.807) is 11.9 Å². The maximum atomic E-state index is 13.8. The normalized spacial score (nSPS) is 23.7. The second-order valence-electron chi connectivity index (χ2n) is 8.18. The SMILES string of the molecule is Cc1ccc2c(c1)[C@]1(Oc3ccccc3[C@@H]3C=C(c4ccc(Cl)cc4)NN31)C(=O)N2C. The molecule has 3 aliphatic heterocycles. The molecule has 0 unspecified atom stereocenters. The van der Waals surface area contributed by atoms with Crippen molar-refractivity contribution in [2.45, 2.75) is 18.7 Å². The fraction of sp³-hybridized carbons (Fsp3) is 0.160. The minimum atomic E-state index is -1.29. The second kappa shape index (κ2) is 6.36. The monoisotopic (exact) mass is 429 g/mol. The predicted octanol–water partition coefficient (Wildman–Crippen LogP) is 4.77. The van der Waals surface area contributed by atoms with Gasteiger partial charge in [0.05, 0.1) is 17.4 Å². The van der Waals surface area contributed by atoms with Gasteiger partial charge in [-0.05, 0) is 48.9 Å². The Balaban J connectivity index is 1.57. The van der Waals surface area contributed by atoms with Gasteiger partial charge in [-0.25, -0.2) is 0 Å². The average Bonchev–Trinajstić information content (AvgIpc) is 3.31. The van der Waals surface area contributed by atoms with Gasteiger partial charge < -0.3 is 15.1 Å². The Kier molecular flexibility index (Phi) is 3.79. The first-order valence-corrected chi connectivity index (χ1v) is 10.6. The number of ether oxygens (including phenoxy) is 1. The number of nitrogens with zero attached hydrogens (tertiary/aromatic N) is 2. The van der Waals surface area contributed by atoms with Crippen LogP contribution in [0.5, 0.6) is 5.75 Å². The van der Waals surface area contributed by atoms with Gasteiger partial charge in [-0.3, -0.25) is 4.79 Å². The zero-order valence-corrected chi connectivity index (χ0v) is 17.9. The third-order valence-electron chi connectivity index (χ3n) is 6.31. The van der Waals surface area contributed by atoms with Crippen LogP contribution in [0.1, 0.15) is 28.3 Å². The van der Waals surface area contributed by atoms with Gasteiger partial charge in [0.25, 0.3) is 11.6 Å². The Morgan fingerprint density at radius 1 is 1.06 bits per heavy atom. The number of fused-ring (bicyclic) bond motifs is 6. The molecule has 0 saturated carbocycles. The van der Waals surface area contributed by atoms with Gasteiger partial charge in [-0.15, -0.1) is 0 Å². The maximum absolute atomic E-state index is 13.8. The fourth-order valence-electron chi connectivity index (χ4n) is 4.79. The topological polar surface area (TPSA) is 44.8 Å². The molecule has 1 N–H and O–H groups in total. The molecule has 0 bridgehead atoms. The van der Waals surface area contributed by atoms with Crippen molar-refractivity contribution < 1.29 is 9.53 Å². The number of halogens is 1. The highest BCUT2D eigenvalue weighted by Gasteiger charge is 2.62. The van der Waals surface area contributed by atoms with Gasteiger partial charge >= 0.3 is 0 Å². The molecule has 154 valence electrons. The third kappa shape index (κ3) is 2.44. The highest BCUT2D eigenvalue weighted by Crippen LogP contribution is 2.54. The summed E-state index contributed by atoms with van der Waals surface area (Å²) >= 11 is 6.09. The van der Waals surface area contributed by atoms with E-state index >= 15 is 0 Å². The molecule has 0 saturated heterocycles. The summed E-state index contributed by atoms with van der Waals surface area (Å²) < 4.78 is 6.58. The minimum absolute atomic E-state index is 0.120. The summed E-state index contributed by atoms with van der Waals surface area (Å²) in [6, 6.07) is 21.5. The molecule has 3 aromatic rings. The van der Waals surface area contributed by atoms with Crippen molar-refractivity contribution >= 4 is 28.9 Å². The Morgan fingerprint density at radius 2 is 1.84 bits per heavy atom. The zero-order valence-electron chi connectivity index (χ0n) is 17.1. The Bertz CT molecular complexity index is 1270. The minimum Gasteiger partial charge on any atom is -0.457 e. The Morgan fingerprint density at radius 3 is 2.65 bits per heavy atom. The molecule has 31 heavy (non-hydrogen) atoms. The molecule has 0 aliphatic carbocycles. The van der Waals surface area contributed by atoms with Gasteiger partial charge in [0.2, 0.25) is 0 Å².